The molecular weight excluding hydrogens is 360 g/mol. The molecule has 0 fully saturated rings. The zero-order valence-corrected chi connectivity index (χ0v) is 16.3. The van der Waals surface area contributed by atoms with Crippen LogP contribution in [0.25, 0.3) is 27.9 Å². The molecule has 0 saturated heterocycles. The van der Waals surface area contributed by atoms with Crippen LogP contribution in [0.2, 0.25) is 0 Å². The van der Waals surface area contributed by atoms with E-state index in [0.717, 1.165) is 39.0 Å². The molecule has 0 spiro atoms. The van der Waals surface area contributed by atoms with E-state index in [4.69, 9.17) is 9.72 Å². The Morgan fingerprint density at radius 1 is 0.931 bits per heavy atom. The van der Waals surface area contributed by atoms with Crippen LogP contribution < -0.4 is 4.74 Å². The maximum Gasteiger partial charge on any atom is 0.182 e. The SMILES string of the molecule is Cc1ccc(C)c(OCc2cccc(-c3nc4c5ccccc5ncn4n3)c2)c1. The van der Waals surface area contributed by atoms with Gasteiger partial charge in [-0.15, -0.1) is 5.10 Å². The first kappa shape index (κ1) is 17.4. The van der Waals surface area contributed by atoms with E-state index in [9.17, 15) is 0 Å². The summed E-state index contributed by atoms with van der Waals surface area (Å²) >= 11 is 0. The first-order valence-electron chi connectivity index (χ1n) is 9.57. The smallest absolute Gasteiger partial charge is 0.182 e. The van der Waals surface area contributed by atoms with Gasteiger partial charge in [0.05, 0.1) is 5.52 Å². The maximum absolute atomic E-state index is 6.06. The molecule has 29 heavy (non-hydrogen) atoms. The second-order valence-corrected chi connectivity index (χ2v) is 7.22. The van der Waals surface area contributed by atoms with Gasteiger partial charge >= 0.3 is 0 Å². The van der Waals surface area contributed by atoms with Crippen LogP contribution in [0.3, 0.4) is 0 Å². The third-order valence-electron chi connectivity index (χ3n) is 5.01. The Kier molecular flexibility index (Phi) is 4.21. The number of fused-ring (bicyclic) bond motifs is 3. The molecule has 0 amide bonds. The minimum Gasteiger partial charge on any atom is -0.489 e. The lowest BCUT2D eigenvalue weighted by Crippen LogP contribution is -1.98. The van der Waals surface area contributed by atoms with Crippen LogP contribution in [0.5, 0.6) is 5.75 Å². The van der Waals surface area contributed by atoms with Gasteiger partial charge in [-0.25, -0.2) is 14.5 Å². The number of benzene rings is 3. The maximum atomic E-state index is 6.06. The van der Waals surface area contributed by atoms with E-state index in [1.165, 1.54) is 5.56 Å². The lowest BCUT2D eigenvalue weighted by molar-refractivity contribution is 0.304. The Morgan fingerprint density at radius 2 is 1.83 bits per heavy atom. The lowest BCUT2D eigenvalue weighted by Gasteiger charge is -2.10. The number of ether oxygens (including phenoxy) is 1. The third kappa shape index (κ3) is 3.31. The molecule has 0 radical (unpaired) electrons. The lowest BCUT2D eigenvalue weighted by atomic mass is 10.1. The summed E-state index contributed by atoms with van der Waals surface area (Å²) in [6.45, 7) is 4.63. The molecule has 0 saturated carbocycles. The summed E-state index contributed by atoms with van der Waals surface area (Å²) in [7, 11) is 0. The molecule has 5 heteroatoms. The number of hydrogen-bond acceptors (Lipinski definition) is 4. The van der Waals surface area contributed by atoms with Crippen molar-refractivity contribution in [2.75, 3.05) is 0 Å². The van der Waals surface area contributed by atoms with E-state index in [2.05, 4.69) is 54.3 Å². The number of aromatic nitrogens is 4. The van der Waals surface area contributed by atoms with E-state index < -0.39 is 0 Å². The summed E-state index contributed by atoms with van der Waals surface area (Å²) in [4.78, 5) is 9.22. The topological polar surface area (TPSA) is 52.3 Å². The van der Waals surface area contributed by atoms with Crippen LogP contribution in [0.1, 0.15) is 16.7 Å². The van der Waals surface area contributed by atoms with E-state index >= 15 is 0 Å². The monoisotopic (exact) mass is 380 g/mol. The first-order valence-corrected chi connectivity index (χ1v) is 9.57. The molecule has 0 aliphatic rings. The molecule has 0 unspecified atom stereocenters. The van der Waals surface area contributed by atoms with E-state index in [1.807, 2.05) is 36.4 Å². The highest BCUT2D eigenvalue weighted by atomic mass is 16.5. The van der Waals surface area contributed by atoms with Gasteiger partial charge in [0, 0.05) is 10.9 Å². The van der Waals surface area contributed by atoms with Crippen LogP contribution in [0.15, 0.2) is 73.1 Å². The van der Waals surface area contributed by atoms with Crippen molar-refractivity contribution in [1.82, 2.24) is 19.6 Å². The first-order chi connectivity index (χ1) is 14.2. The zero-order valence-electron chi connectivity index (χ0n) is 16.3. The van der Waals surface area contributed by atoms with Crippen molar-refractivity contribution in [3.63, 3.8) is 0 Å². The Bertz CT molecular complexity index is 1340. The molecule has 5 aromatic rings. The fraction of sp³-hybridized carbons (Fsp3) is 0.125. The van der Waals surface area contributed by atoms with Crippen molar-refractivity contribution in [2.45, 2.75) is 20.5 Å². The van der Waals surface area contributed by atoms with Crippen LogP contribution in [0.4, 0.5) is 0 Å². The molecule has 0 N–H and O–H groups in total. The van der Waals surface area contributed by atoms with Gasteiger partial charge in [0.2, 0.25) is 0 Å². The van der Waals surface area contributed by atoms with Crippen molar-refractivity contribution < 1.29 is 4.74 Å². The van der Waals surface area contributed by atoms with Crippen LogP contribution in [-0.4, -0.2) is 19.6 Å². The minimum atomic E-state index is 0.496. The van der Waals surface area contributed by atoms with Crippen molar-refractivity contribution in [3.05, 3.63) is 89.7 Å². The highest BCUT2D eigenvalue weighted by Gasteiger charge is 2.10. The highest BCUT2D eigenvalue weighted by molar-refractivity contribution is 5.91. The number of rotatable bonds is 4. The fourth-order valence-corrected chi connectivity index (χ4v) is 3.43. The van der Waals surface area contributed by atoms with Gasteiger partial charge in [0.1, 0.15) is 18.7 Å². The van der Waals surface area contributed by atoms with Gasteiger partial charge < -0.3 is 4.74 Å². The van der Waals surface area contributed by atoms with Crippen molar-refractivity contribution in [2.24, 2.45) is 0 Å². The Balaban J connectivity index is 1.46. The minimum absolute atomic E-state index is 0.496. The van der Waals surface area contributed by atoms with E-state index in [0.29, 0.717) is 12.4 Å². The molecule has 142 valence electrons. The summed E-state index contributed by atoms with van der Waals surface area (Å²) in [5.74, 6) is 1.59. The molecule has 2 aromatic heterocycles. The fourth-order valence-electron chi connectivity index (χ4n) is 3.43. The Labute approximate surface area is 168 Å². The molecule has 0 aliphatic carbocycles. The largest absolute Gasteiger partial charge is 0.489 e. The van der Waals surface area contributed by atoms with Crippen LogP contribution in [0, 0.1) is 13.8 Å². The highest BCUT2D eigenvalue weighted by Crippen LogP contribution is 2.24. The van der Waals surface area contributed by atoms with Crippen molar-refractivity contribution in [1.29, 1.82) is 0 Å². The van der Waals surface area contributed by atoms with E-state index in [1.54, 1.807) is 10.8 Å². The Hall–Kier alpha value is -3.73. The molecule has 0 atom stereocenters. The van der Waals surface area contributed by atoms with Gasteiger partial charge in [0.15, 0.2) is 11.5 Å². The average Bonchev–Trinajstić information content (AvgIpc) is 3.20. The molecule has 5 nitrogen and oxygen atoms in total. The molecule has 0 aliphatic heterocycles. The van der Waals surface area contributed by atoms with Crippen molar-refractivity contribution in [3.8, 4) is 17.1 Å². The van der Waals surface area contributed by atoms with Gasteiger partial charge in [-0.1, -0.05) is 42.5 Å². The molecule has 0 bridgehead atoms. The third-order valence-corrected chi connectivity index (χ3v) is 5.01. The summed E-state index contributed by atoms with van der Waals surface area (Å²) in [6, 6.07) is 22.4. The Morgan fingerprint density at radius 3 is 2.76 bits per heavy atom. The summed E-state index contributed by atoms with van der Waals surface area (Å²) in [6.07, 6.45) is 1.71. The molecule has 2 heterocycles. The number of aryl methyl sites for hydroxylation is 2. The predicted molar refractivity (Wildman–Crippen MR) is 114 cm³/mol. The standard InChI is InChI=1S/C24H20N4O/c1-16-10-11-17(2)22(12-16)29-14-18-6-5-7-19(13-18)23-26-24-20-8-3-4-9-21(20)25-15-28(24)27-23/h3-13,15H,14H2,1-2H3. The average molecular weight is 380 g/mol. The predicted octanol–water partition coefficient (Wildman–Crippen LogP) is 5.14. The van der Waals surface area contributed by atoms with Crippen LogP contribution in [-0.2, 0) is 6.61 Å². The van der Waals surface area contributed by atoms with Crippen LogP contribution >= 0.6 is 0 Å². The number of hydrogen-bond donors (Lipinski definition) is 0. The normalized spacial score (nSPS) is 11.2. The van der Waals surface area contributed by atoms with Gasteiger partial charge in [-0.05, 0) is 54.8 Å². The van der Waals surface area contributed by atoms with Gasteiger partial charge in [-0.2, -0.15) is 0 Å². The summed E-state index contributed by atoms with van der Waals surface area (Å²) < 4.78 is 7.79. The quantitative estimate of drug-likeness (QED) is 0.433. The van der Waals surface area contributed by atoms with Gasteiger partial charge in [0.25, 0.3) is 0 Å². The second kappa shape index (κ2) is 7.02. The molecular formula is C24H20N4O. The second-order valence-electron chi connectivity index (χ2n) is 7.22. The molecule has 5 rings (SSSR count). The zero-order chi connectivity index (χ0) is 19.8. The number of nitrogens with zero attached hydrogens (tertiary/aromatic N) is 4. The van der Waals surface area contributed by atoms with Gasteiger partial charge in [-0.3, -0.25) is 0 Å². The number of para-hydroxylation sites is 1. The molecule has 3 aromatic carbocycles. The van der Waals surface area contributed by atoms with E-state index in [-0.39, 0.29) is 0 Å². The van der Waals surface area contributed by atoms with Crippen molar-refractivity contribution >= 4 is 16.6 Å². The summed E-state index contributed by atoms with van der Waals surface area (Å²) in [5.41, 5.74) is 6.07. The summed E-state index contributed by atoms with van der Waals surface area (Å²) in [5, 5.41) is 5.61.